The van der Waals surface area contributed by atoms with Crippen LogP contribution in [0.2, 0.25) is 0 Å². The number of benzene rings is 2. The highest BCUT2D eigenvalue weighted by Gasteiger charge is 2.40. The van der Waals surface area contributed by atoms with Crippen LogP contribution in [0.25, 0.3) is 5.70 Å². The molecular formula is C23H16FN5O. The van der Waals surface area contributed by atoms with Crippen LogP contribution < -0.4 is 10.1 Å². The van der Waals surface area contributed by atoms with Crippen molar-refractivity contribution in [3.8, 4) is 5.75 Å². The van der Waals surface area contributed by atoms with Gasteiger partial charge >= 0.3 is 0 Å². The van der Waals surface area contributed by atoms with Crippen LogP contribution in [0.1, 0.15) is 28.8 Å². The van der Waals surface area contributed by atoms with Crippen LogP contribution in [-0.4, -0.2) is 19.7 Å². The van der Waals surface area contributed by atoms with Gasteiger partial charge in [0.2, 0.25) is 5.95 Å². The van der Waals surface area contributed by atoms with Crippen molar-refractivity contribution in [1.82, 2.24) is 19.7 Å². The summed E-state index contributed by atoms with van der Waals surface area (Å²) in [7, 11) is 0. The molecule has 2 atom stereocenters. The largest absolute Gasteiger partial charge is 0.480 e. The first-order valence-electron chi connectivity index (χ1n) is 9.61. The lowest BCUT2D eigenvalue weighted by atomic mass is 9.85. The van der Waals surface area contributed by atoms with E-state index in [9.17, 15) is 4.39 Å². The summed E-state index contributed by atoms with van der Waals surface area (Å²) in [6.45, 7) is 0. The van der Waals surface area contributed by atoms with Crippen molar-refractivity contribution in [2.24, 2.45) is 0 Å². The van der Waals surface area contributed by atoms with Crippen LogP contribution in [-0.2, 0) is 0 Å². The summed E-state index contributed by atoms with van der Waals surface area (Å²) in [5.74, 6) is 1.06. The lowest BCUT2D eigenvalue weighted by molar-refractivity contribution is 0.222. The first kappa shape index (κ1) is 16.9. The second-order valence-electron chi connectivity index (χ2n) is 7.22. The number of rotatable bonds is 2. The summed E-state index contributed by atoms with van der Waals surface area (Å²) in [6.07, 6.45) is 4.57. The quantitative estimate of drug-likeness (QED) is 0.544. The van der Waals surface area contributed by atoms with Gasteiger partial charge in [-0.1, -0.05) is 30.3 Å². The number of ether oxygens (including phenoxy) is 1. The smallest absolute Gasteiger partial charge is 0.226 e. The second-order valence-corrected chi connectivity index (χ2v) is 7.22. The maximum absolute atomic E-state index is 14.1. The Balaban J connectivity index is 1.64. The molecule has 0 fully saturated rings. The van der Waals surface area contributed by atoms with Gasteiger partial charge in [0.15, 0.2) is 0 Å². The number of halogens is 1. The van der Waals surface area contributed by atoms with Gasteiger partial charge in [0.25, 0.3) is 0 Å². The van der Waals surface area contributed by atoms with Crippen molar-refractivity contribution in [1.29, 1.82) is 0 Å². The minimum atomic E-state index is -0.499. The van der Waals surface area contributed by atoms with Gasteiger partial charge < -0.3 is 10.1 Å². The lowest BCUT2D eigenvalue weighted by Crippen LogP contribution is -2.32. The number of hydrogen-bond acceptors (Lipinski definition) is 5. The van der Waals surface area contributed by atoms with Gasteiger partial charge in [-0.2, -0.15) is 10.1 Å². The summed E-state index contributed by atoms with van der Waals surface area (Å²) in [6, 6.07) is 17.9. The molecule has 0 bridgehead atoms. The molecule has 7 heteroatoms. The Labute approximate surface area is 171 Å². The third kappa shape index (κ3) is 2.52. The lowest BCUT2D eigenvalue weighted by Gasteiger charge is -2.38. The van der Waals surface area contributed by atoms with Crippen LogP contribution in [0, 0.1) is 5.82 Å². The molecular weight excluding hydrogens is 381 g/mol. The number of fused-ring (bicyclic) bond motifs is 3. The minimum absolute atomic E-state index is 0.297. The fourth-order valence-corrected chi connectivity index (χ4v) is 4.22. The molecule has 0 radical (unpaired) electrons. The van der Waals surface area contributed by atoms with Gasteiger partial charge in [0, 0.05) is 23.5 Å². The van der Waals surface area contributed by atoms with Gasteiger partial charge in [-0.15, -0.1) is 0 Å². The molecule has 2 aromatic carbocycles. The SMILES string of the molecule is Fc1cccc([C@@H]2Oc3ccccc3C3=C2[C@H](c2cccnc2)n2ncnc2N3)c1. The highest BCUT2D eigenvalue weighted by Crippen LogP contribution is 2.50. The van der Waals surface area contributed by atoms with Crippen molar-refractivity contribution in [3.63, 3.8) is 0 Å². The Hall–Kier alpha value is -4.00. The van der Waals surface area contributed by atoms with Gasteiger partial charge in [-0.25, -0.2) is 9.07 Å². The Bertz CT molecular complexity index is 1280. The molecule has 0 saturated heterocycles. The second kappa shape index (κ2) is 6.52. The molecule has 0 amide bonds. The van der Waals surface area contributed by atoms with E-state index in [1.54, 1.807) is 12.3 Å². The molecule has 0 spiro atoms. The molecule has 2 aliphatic rings. The monoisotopic (exact) mass is 397 g/mol. The normalized spacial score (nSPS) is 19.2. The maximum atomic E-state index is 14.1. The summed E-state index contributed by atoms with van der Waals surface area (Å²) < 4.78 is 22.4. The van der Waals surface area contributed by atoms with E-state index in [0.29, 0.717) is 5.95 Å². The highest BCUT2D eigenvalue weighted by molar-refractivity contribution is 5.85. The number of nitrogens with zero attached hydrogens (tertiary/aromatic N) is 4. The standard InChI is InChI=1S/C23H16FN5O/c24-16-7-3-5-14(11-16)22-19-20(17-8-1-2-9-18(17)30-22)28-23-26-13-27-29(23)21(19)15-6-4-10-25-12-15/h1-13,21-22H,(H,26,27,28)/t21-,22-/m0/s1. The predicted molar refractivity (Wildman–Crippen MR) is 109 cm³/mol. The number of hydrogen-bond donors (Lipinski definition) is 1. The number of pyridine rings is 1. The van der Waals surface area contributed by atoms with Crippen molar-refractivity contribution < 1.29 is 9.13 Å². The average Bonchev–Trinajstić information content (AvgIpc) is 3.26. The molecule has 2 aliphatic heterocycles. The van der Waals surface area contributed by atoms with Crippen LogP contribution in [0.5, 0.6) is 5.75 Å². The zero-order valence-electron chi connectivity index (χ0n) is 15.7. The van der Waals surface area contributed by atoms with Gasteiger partial charge in [0.05, 0.1) is 5.70 Å². The Morgan fingerprint density at radius 2 is 1.90 bits per heavy atom. The van der Waals surface area contributed by atoms with E-state index in [4.69, 9.17) is 4.74 Å². The van der Waals surface area contributed by atoms with Crippen molar-refractivity contribution >= 4 is 11.6 Å². The molecule has 30 heavy (non-hydrogen) atoms. The molecule has 0 unspecified atom stereocenters. The Morgan fingerprint density at radius 3 is 2.77 bits per heavy atom. The van der Waals surface area contributed by atoms with E-state index < -0.39 is 6.10 Å². The van der Waals surface area contributed by atoms with Crippen LogP contribution in [0.4, 0.5) is 10.3 Å². The summed E-state index contributed by atoms with van der Waals surface area (Å²) in [5, 5.41) is 7.88. The molecule has 0 aliphatic carbocycles. The topological polar surface area (TPSA) is 64.9 Å². The first-order chi connectivity index (χ1) is 14.8. The molecule has 6 rings (SSSR count). The molecule has 1 N–H and O–H groups in total. The predicted octanol–water partition coefficient (Wildman–Crippen LogP) is 4.37. The van der Waals surface area contributed by atoms with E-state index in [1.807, 2.05) is 53.3 Å². The number of nitrogens with one attached hydrogen (secondary N) is 1. The Morgan fingerprint density at radius 1 is 1.00 bits per heavy atom. The maximum Gasteiger partial charge on any atom is 0.226 e. The molecule has 146 valence electrons. The fourth-order valence-electron chi connectivity index (χ4n) is 4.22. The van der Waals surface area contributed by atoms with Crippen LogP contribution >= 0.6 is 0 Å². The third-order valence-corrected chi connectivity index (χ3v) is 5.47. The van der Waals surface area contributed by atoms with Crippen molar-refractivity contribution in [2.45, 2.75) is 12.1 Å². The molecule has 6 nitrogen and oxygen atoms in total. The zero-order chi connectivity index (χ0) is 20.1. The van der Waals surface area contributed by atoms with E-state index >= 15 is 0 Å². The summed E-state index contributed by atoms with van der Waals surface area (Å²) in [4.78, 5) is 8.70. The van der Waals surface area contributed by atoms with Crippen LogP contribution in [0.15, 0.2) is 85.0 Å². The molecule has 0 saturated carbocycles. The Kier molecular flexibility index (Phi) is 3.67. The summed E-state index contributed by atoms with van der Waals surface area (Å²) in [5.41, 5.74) is 4.45. The number of anilines is 1. The van der Waals surface area contributed by atoms with Crippen molar-refractivity contribution in [2.75, 3.05) is 5.32 Å². The van der Waals surface area contributed by atoms with Gasteiger partial charge in [0.1, 0.15) is 30.0 Å². The average molecular weight is 397 g/mol. The zero-order valence-corrected chi connectivity index (χ0v) is 15.7. The number of aromatic nitrogens is 4. The van der Waals surface area contributed by atoms with Crippen LogP contribution in [0.3, 0.4) is 0 Å². The molecule has 2 aromatic heterocycles. The van der Waals surface area contributed by atoms with E-state index in [1.165, 1.54) is 18.5 Å². The molecule has 4 aromatic rings. The first-order valence-corrected chi connectivity index (χ1v) is 9.61. The van der Waals surface area contributed by atoms with E-state index in [0.717, 1.165) is 33.7 Å². The fraction of sp³-hybridized carbons (Fsp3) is 0.0870. The van der Waals surface area contributed by atoms with E-state index in [2.05, 4.69) is 20.4 Å². The number of para-hydroxylation sites is 1. The minimum Gasteiger partial charge on any atom is -0.480 e. The van der Waals surface area contributed by atoms with Gasteiger partial charge in [-0.05, 0) is 41.5 Å². The van der Waals surface area contributed by atoms with E-state index in [-0.39, 0.29) is 11.9 Å². The van der Waals surface area contributed by atoms with Gasteiger partial charge in [-0.3, -0.25) is 4.98 Å². The molecule has 4 heterocycles. The summed E-state index contributed by atoms with van der Waals surface area (Å²) >= 11 is 0. The third-order valence-electron chi connectivity index (χ3n) is 5.47. The van der Waals surface area contributed by atoms with Crippen molar-refractivity contribution in [3.05, 3.63) is 107 Å². The highest BCUT2D eigenvalue weighted by atomic mass is 19.1.